The molecule has 0 aromatic heterocycles. The van der Waals surface area contributed by atoms with Gasteiger partial charge in [0.1, 0.15) is 0 Å². The van der Waals surface area contributed by atoms with E-state index in [1.807, 2.05) is 25.1 Å². The van der Waals surface area contributed by atoms with E-state index in [9.17, 15) is 24.0 Å². The first kappa shape index (κ1) is 32.3. The molecule has 3 aromatic rings. The maximum absolute atomic E-state index is 13.4. The van der Waals surface area contributed by atoms with Gasteiger partial charge in [-0.3, -0.25) is 14.5 Å². The summed E-state index contributed by atoms with van der Waals surface area (Å²) in [6.07, 6.45) is 0. The summed E-state index contributed by atoms with van der Waals surface area (Å²) in [5.41, 5.74) is 1.49. The summed E-state index contributed by atoms with van der Waals surface area (Å²) >= 11 is 0. The van der Waals surface area contributed by atoms with Gasteiger partial charge in [0.15, 0.2) is 36.3 Å². The summed E-state index contributed by atoms with van der Waals surface area (Å²) in [6.45, 7) is 3.64. The van der Waals surface area contributed by atoms with Crippen LogP contribution in [-0.2, 0) is 9.59 Å². The lowest BCUT2D eigenvalue weighted by Gasteiger charge is -2.33. The number of hydrogen-bond donors (Lipinski definition) is 4. The van der Waals surface area contributed by atoms with Crippen molar-refractivity contribution in [3.8, 4) is 11.5 Å². The Bertz CT molecular complexity index is 1520. The highest BCUT2D eigenvalue weighted by atomic mass is 16.5. The Kier molecular flexibility index (Phi) is 10.6. The minimum Gasteiger partial charge on any atom is -0.479 e. The van der Waals surface area contributed by atoms with Crippen LogP contribution in [0.5, 0.6) is 11.5 Å². The number of urea groups is 1. The van der Waals surface area contributed by atoms with Gasteiger partial charge in [-0.05, 0) is 81.9 Å². The zero-order valence-corrected chi connectivity index (χ0v) is 24.2. The second-order valence-electron chi connectivity index (χ2n) is 10.2. The molecular formula is C31H33N3O9. The summed E-state index contributed by atoms with van der Waals surface area (Å²) in [6, 6.07) is 17.3. The van der Waals surface area contributed by atoms with Gasteiger partial charge in [-0.2, -0.15) is 0 Å². The number of nitrogens with zero attached hydrogens (tertiary/aromatic N) is 1. The number of carbonyl (C=O) groups excluding carboxylic acids is 3. The highest BCUT2D eigenvalue weighted by Crippen LogP contribution is 2.29. The molecule has 0 aliphatic carbocycles. The molecular weight excluding hydrogens is 558 g/mol. The van der Waals surface area contributed by atoms with Gasteiger partial charge in [-0.25, -0.2) is 14.4 Å². The molecule has 0 fully saturated rings. The number of amides is 2. The SMILES string of the molecule is Cc1ccccc1NC(=O)Nc1ccc(C(=O)C(C)(C)N(C)CC(=O)c2ccc(OCC(=O)O)c(OCC(=O)O)c2)cc1. The van der Waals surface area contributed by atoms with Crippen molar-refractivity contribution in [1.82, 2.24) is 4.90 Å². The van der Waals surface area contributed by atoms with Crippen LogP contribution >= 0.6 is 0 Å². The van der Waals surface area contributed by atoms with Crippen molar-refractivity contribution >= 4 is 40.9 Å². The number of aryl methyl sites for hydroxylation is 1. The molecule has 12 heteroatoms. The van der Waals surface area contributed by atoms with Crippen molar-refractivity contribution in [1.29, 1.82) is 0 Å². The first-order valence-corrected chi connectivity index (χ1v) is 13.1. The first-order chi connectivity index (χ1) is 20.3. The van der Waals surface area contributed by atoms with Gasteiger partial charge in [0.25, 0.3) is 0 Å². The Morgan fingerprint density at radius 2 is 1.37 bits per heavy atom. The minimum atomic E-state index is -1.27. The van der Waals surface area contributed by atoms with Gasteiger partial charge >= 0.3 is 18.0 Å². The van der Waals surface area contributed by atoms with Crippen molar-refractivity contribution in [2.45, 2.75) is 26.3 Å². The summed E-state index contributed by atoms with van der Waals surface area (Å²) in [5, 5.41) is 23.3. The van der Waals surface area contributed by atoms with Gasteiger partial charge in [-0.15, -0.1) is 0 Å². The van der Waals surface area contributed by atoms with Crippen LogP contribution in [0, 0.1) is 6.92 Å². The number of nitrogens with one attached hydrogen (secondary N) is 2. The van der Waals surface area contributed by atoms with E-state index in [2.05, 4.69) is 10.6 Å². The second-order valence-corrected chi connectivity index (χ2v) is 10.2. The lowest BCUT2D eigenvalue weighted by Crippen LogP contribution is -2.49. The predicted molar refractivity (Wildman–Crippen MR) is 158 cm³/mol. The van der Waals surface area contributed by atoms with Crippen molar-refractivity contribution in [2.24, 2.45) is 0 Å². The zero-order valence-electron chi connectivity index (χ0n) is 24.2. The number of hydrogen-bond acceptors (Lipinski definition) is 8. The van der Waals surface area contributed by atoms with Crippen LogP contribution < -0.4 is 20.1 Å². The van der Waals surface area contributed by atoms with Gasteiger partial charge in [0.05, 0.1) is 12.1 Å². The molecule has 0 saturated carbocycles. The standard InChI is InChI=1S/C31H33N3O9/c1-19-7-5-6-8-23(19)33-30(41)32-22-12-9-20(10-13-22)29(40)31(2,3)34(4)16-24(35)21-11-14-25(42-17-27(36)37)26(15-21)43-18-28(38)39/h5-15H,16-18H2,1-4H3,(H,36,37)(H,38,39)(H2,32,33,41). The third kappa shape index (κ3) is 8.88. The first-order valence-electron chi connectivity index (χ1n) is 13.1. The summed E-state index contributed by atoms with van der Waals surface area (Å²) in [4.78, 5) is 62.3. The lowest BCUT2D eigenvalue weighted by molar-refractivity contribution is -0.140. The van der Waals surface area contributed by atoms with Crippen LogP contribution in [0.15, 0.2) is 66.7 Å². The van der Waals surface area contributed by atoms with E-state index < -0.39 is 42.5 Å². The fourth-order valence-corrected chi connectivity index (χ4v) is 3.93. The topological polar surface area (TPSA) is 172 Å². The molecule has 3 rings (SSSR count). The van der Waals surface area contributed by atoms with Crippen LogP contribution in [0.4, 0.5) is 16.2 Å². The number of likely N-dealkylation sites (N-methyl/N-ethyl adjacent to an activating group) is 1. The van der Waals surface area contributed by atoms with Crippen molar-refractivity contribution in [3.63, 3.8) is 0 Å². The normalized spacial score (nSPS) is 11.0. The van der Waals surface area contributed by atoms with Crippen molar-refractivity contribution in [2.75, 3.05) is 37.4 Å². The number of rotatable bonds is 14. The van der Waals surface area contributed by atoms with E-state index in [0.29, 0.717) is 16.9 Å². The number of benzene rings is 3. The number of carbonyl (C=O) groups is 5. The van der Waals surface area contributed by atoms with Crippen LogP contribution in [0.3, 0.4) is 0 Å². The van der Waals surface area contributed by atoms with Gasteiger partial charge < -0.3 is 30.3 Å². The van der Waals surface area contributed by atoms with Crippen LogP contribution in [0.2, 0.25) is 0 Å². The van der Waals surface area contributed by atoms with Crippen molar-refractivity contribution < 1.29 is 43.7 Å². The third-order valence-corrected chi connectivity index (χ3v) is 6.66. The predicted octanol–water partition coefficient (Wildman–Crippen LogP) is 4.34. The molecule has 0 atom stereocenters. The highest BCUT2D eigenvalue weighted by Gasteiger charge is 2.34. The van der Waals surface area contributed by atoms with Crippen LogP contribution in [0.1, 0.15) is 40.1 Å². The molecule has 226 valence electrons. The molecule has 43 heavy (non-hydrogen) atoms. The Morgan fingerprint density at radius 1 is 0.791 bits per heavy atom. The van der Waals surface area contributed by atoms with Gasteiger partial charge in [0, 0.05) is 22.5 Å². The molecule has 0 saturated heterocycles. The monoisotopic (exact) mass is 591 g/mol. The second kappa shape index (κ2) is 14.1. The smallest absolute Gasteiger partial charge is 0.341 e. The number of aliphatic carboxylic acids is 2. The fourth-order valence-electron chi connectivity index (χ4n) is 3.93. The summed E-state index contributed by atoms with van der Waals surface area (Å²) < 4.78 is 10.3. The molecule has 2 amide bonds. The Labute approximate surface area is 248 Å². The van der Waals surface area contributed by atoms with Crippen LogP contribution in [0.25, 0.3) is 0 Å². The quantitative estimate of drug-likeness (QED) is 0.198. The molecule has 12 nitrogen and oxygen atoms in total. The third-order valence-electron chi connectivity index (χ3n) is 6.66. The number of Topliss-reactive ketones (excluding diaryl/α,β-unsaturated/α-hetero) is 2. The maximum Gasteiger partial charge on any atom is 0.341 e. The molecule has 0 bridgehead atoms. The highest BCUT2D eigenvalue weighted by molar-refractivity contribution is 6.05. The van der Waals surface area contributed by atoms with E-state index in [4.69, 9.17) is 19.7 Å². The fraction of sp³-hybridized carbons (Fsp3) is 0.258. The van der Waals surface area contributed by atoms with E-state index in [-0.39, 0.29) is 29.4 Å². The number of ether oxygens (including phenoxy) is 2. The number of carboxylic acids is 2. The largest absolute Gasteiger partial charge is 0.479 e. The van der Waals surface area contributed by atoms with Gasteiger partial charge in [-0.1, -0.05) is 18.2 Å². The molecule has 0 spiro atoms. The number of ketones is 2. The molecule has 0 aliphatic heterocycles. The zero-order chi connectivity index (χ0) is 31.7. The average molecular weight is 592 g/mol. The molecule has 0 radical (unpaired) electrons. The van der Waals surface area contributed by atoms with Gasteiger partial charge in [0.2, 0.25) is 0 Å². The van der Waals surface area contributed by atoms with Crippen LogP contribution in [-0.4, -0.2) is 77.0 Å². The van der Waals surface area contributed by atoms with Crippen molar-refractivity contribution in [3.05, 3.63) is 83.4 Å². The molecule has 0 unspecified atom stereocenters. The maximum atomic E-state index is 13.4. The number of anilines is 2. The lowest BCUT2D eigenvalue weighted by atomic mass is 9.91. The number of carboxylic acid groups (broad SMARTS) is 2. The Hall–Kier alpha value is -5.23. The minimum absolute atomic E-state index is 0.0327. The molecule has 4 N–H and O–H groups in total. The summed E-state index contributed by atoms with van der Waals surface area (Å²) in [5.74, 6) is -3.31. The molecule has 0 heterocycles. The molecule has 3 aromatic carbocycles. The van der Waals surface area contributed by atoms with E-state index in [1.165, 1.54) is 18.2 Å². The van der Waals surface area contributed by atoms with E-state index in [1.54, 1.807) is 56.1 Å². The summed E-state index contributed by atoms with van der Waals surface area (Å²) in [7, 11) is 1.62. The average Bonchev–Trinajstić information content (AvgIpc) is 2.96. The van der Waals surface area contributed by atoms with E-state index >= 15 is 0 Å². The Morgan fingerprint density at radius 3 is 1.98 bits per heavy atom. The number of para-hydroxylation sites is 1. The molecule has 0 aliphatic rings. The Balaban J connectivity index is 1.66. The van der Waals surface area contributed by atoms with E-state index in [0.717, 1.165) is 5.56 Å².